The van der Waals surface area contributed by atoms with E-state index in [1.54, 1.807) is 6.20 Å². The highest BCUT2D eigenvalue weighted by molar-refractivity contribution is 5.84. The summed E-state index contributed by atoms with van der Waals surface area (Å²) in [6, 6.07) is 0. The Morgan fingerprint density at radius 2 is 2.42 bits per heavy atom. The van der Waals surface area contributed by atoms with Crippen LogP contribution in [-0.2, 0) is 11.2 Å². The number of aromatic amines is 1. The van der Waals surface area contributed by atoms with Crippen LogP contribution >= 0.6 is 0 Å². The molecule has 0 fully saturated rings. The summed E-state index contributed by atoms with van der Waals surface area (Å²) in [5.41, 5.74) is 1.71. The molecule has 0 saturated heterocycles. The fourth-order valence-electron chi connectivity index (χ4n) is 2.52. The molecule has 1 amide bonds. The predicted molar refractivity (Wildman–Crippen MR) is 63.9 cm³/mol. The molecule has 0 bridgehead atoms. The normalized spacial score (nSPS) is 18.4. The number of aliphatic hydroxyl groups is 1. The maximum absolute atomic E-state index is 12.5. The van der Waals surface area contributed by atoms with Gasteiger partial charge in [0.15, 0.2) is 0 Å². The zero-order valence-corrected chi connectivity index (χ0v) is 10.5. The Hall–Kier alpha value is -1.50. The molecule has 0 aliphatic heterocycles. The highest BCUT2D eigenvalue weighted by Crippen LogP contribution is 2.31. The first kappa shape index (κ1) is 13.9. The number of nitrogens with one attached hydrogen (secondary N) is 1. The average Bonchev–Trinajstić information content (AvgIpc) is 2.85. The quantitative estimate of drug-likeness (QED) is 0.838. The second kappa shape index (κ2) is 6.10. The van der Waals surface area contributed by atoms with Crippen LogP contribution in [0.4, 0.5) is 8.78 Å². The van der Waals surface area contributed by atoms with E-state index in [2.05, 4.69) is 10.2 Å². The number of aliphatic hydroxyl groups excluding tert-OH is 1. The first-order valence-electron chi connectivity index (χ1n) is 6.33. The van der Waals surface area contributed by atoms with Crippen LogP contribution in [0.2, 0.25) is 0 Å². The molecule has 1 heterocycles. The van der Waals surface area contributed by atoms with Crippen molar-refractivity contribution < 1.29 is 18.7 Å². The molecule has 0 radical (unpaired) electrons. The summed E-state index contributed by atoms with van der Waals surface area (Å²) >= 11 is 0. The predicted octanol–water partition coefficient (Wildman–Crippen LogP) is 0.916. The van der Waals surface area contributed by atoms with Gasteiger partial charge in [-0.15, -0.1) is 0 Å². The van der Waals surface area contributed by atoms with Gasteiger partial charge in [-0.3, -0.25) is 9.89 Å². The standard InChI is InChI=1S/C12H17F2N3O2/c13-11(14)7-17(4-5-18)12(19)8-2-1-3-10-9(8)6-15-16-10/h6,8,11,18H,1-5,7H2,(H,15,16)/t8-/m1/s1. The molecule has 2 rings (SSSR count). The number of alkyl halides is 2. The molecule has 0 unspecified atom stereocenters. The van der Waals surface area contributed by atoms with Gasteiger partial charge in [0.05, 0.1) is 25.3 Å². The lowest BCUT2D eigenvalue weighted by atomic mass is 9.86. The summed E-state index contributed by atoms with van der Waals surface area (Å²) in [6.45, 7) is -1.01. The Bertz CT molecular complexity index is 436. The van der Waals surface area contributed by atoms with Crippen molar-refractivity contribution in [3.8, 4) is 0 Å². The molecule has 0 spiro atoms. The lowest BCUT2D eigenvalue weighted by molar-refractivity contribution is -0.135. The number of halogens is 2. The van der Waals surface area contributed by atoms with E-state index >= 15 is 0 Å². The lowest BCUT2D eigenvalue weighted by Crippen LogP contribution is -2.40. The maximum atomic E-state index is 12.5. The van der Waals surface area contributed by atoms with Crippen molar-refractivity contribution in [2.75, 3.05) is 19.7 Å². The van der Waals surface area contributed by atoms with Crippen LogP contribution in [0.5, 0.6) is 0 Å². The van der Waals surface area contributed by atoms with Crippen molar-refractivity contribution in [3.05, 3.63) is 17.5 Å². The Morgan fingerprint density at radius 3 is 3.11 bits per heavy atom. The fraction of sp³-hybridized carbons (Fsp3) is 0.667. The second-order valence-electron chi connectivity index (χ2n) is 4.65. The van der Waals surface area contributed by atoms with E-state index in [-0.39, 0.29) is 19.1 Å². The molecular weight excluding hydrogens is 256 g/mol. The fourth-order valence-corrected chi connectivity index (χ4v) is 2.52. The van der Waals surface area contributed by atoms with Gasteiger partial charge in [0.25, 0.3) is 6.43 Å². The molecule has 1 aliphatic carbocycles. The van der Waals surface area contributed by atoms with Gasteiger partial charge in [-0.2, -0.15) is 5.10 Å². The van der Waals surface area contributed by atoms with Crippen molar-refractivity contribution >= 4 is 5.91 Å². The molecule has 1 atom stereocenters. The van der Waals surface area contributed by atoms with Crippen LogP contribution in [0.15, 0.2) is 6.20 Å². The number of H-pyrrole nitrogens is 1. The number of rotatable bonds is 5. The van der Waals surface area contributed by atoms with E-state index in [1.165, 1.54) is 0 Å². The van der Waals surface area contributed by atoms with Gasteiger partial charge in [0, 0.05) is 17.8 Å². The first-order chi connectivity index (χ1) is 9.13. The number of nitrogens with zero attached hydrogens (tertiary/aromatic N) is 2. The molecular formula is C12H17F2N3O2. The van der Waals surface area contributed by atoms with E-state index in [1.807, 2.05) is 0 Å². The highest BCUT2D eigenvalue weighted by Gasteiger charge is 2.31. The first-order valence-corrected chi connectivity index (χ1v) is 6.33. The van der Waals surface area contributed by atoms with Crippen LogP contribution in [-0.4, -0.2) is 52.2 Å². The Labute approximate surface area is 109 Å². The van der Waals surface area contributed by atoms with E-state index in [4.69, 9.17) is 5.11 Å². The van der Waals surface area contributed by atoms with E-state index in [0.29, 0.717) is 6.42 Å². The molecule has 0 aromatic carbocycles. The Kier molecular flexibility index (Phi) is 4.47. The molecule has 106 valence electrons. The summed E-state index contributed by atoms with van der Waals surface area (Å²) in [4.78, 5) is 13.4. The average molecular weight is 273 g/mol. The van der Waals surface area contributed by atoms with Gasteiger partial charge in [-0.25, -0.2) is 8.78 Å². The monoisotopic (exact) mass is 273 g/mol. The number of hydrogen-bond acceptors (Lipinski definition) is 3. The van der Waals surface area contributed by atoms with E-state index < -0.39 is 18.9 Å². The molecule has 19 heavy (non-hydrogen) atoms. The lowest BCUT2D eigenvalue weighted by Gasteiger charge is -2.28. The third-order valence-corrected chi connectivity index (χ3v) is 3.38. The summed E-state index contributed by atoms with van der Waals surface area (Å²) < 4.78 is 25.0. The van der Waals surface area contributed by atoms with E-state index in [0.717, 1.165) is 29.0 Å². The summed E-state index contributed by atoms with van der Waals surface area (Å²) in [5.74, 6) is -0.774. The van der Waals surface area contributed by atoms with Crippen molar-refractivity contribution in [1.82, 2.24) is 15.1 Å². The number of aromatic nitrogens is 2. The maximum Gasteiger partial charge on any atom is 0.255 e. The number of hydrogen-bond donors (Lipinski definition) is 2. The summed E-state index contributed by atoms with van der Waals surface area (Å²) in [5, 5.41) is 15.6. The summed E-state index contributed by atoms with van der Waals surface area (Å²) in [7, 11) is 0. The minimum absolute atomic E-state index is 0.0626. The smallest absolute Gasteiger partial charge is 0.255 e. The molecule has 1 aliphatic rings. The Morgan fingerprint density at radius 1 is 1.63 bits per heavy atom. The van der Waals surface area contributed by atoms with Gasteiger partial charge in [0.1, 0.15) is 0 Å². The molecule has 7 heteroatoms. The number of carbonyl (C=O) groups excluding carboxylic acids is 1. The van der Waals surface area contributed by atoms with Gasteiger partial charge < -0.3 is 10.0 Å². The number of fused-ring (bicyclic) bond motifs is 1. The van der Waals surface area contributed by atoms with Crippen LogP contribution in [0.25, 0.3) is 0 Å². The summed E-state index contributed by atoms with van der Waals surface area (Å²) in [6.07, 6.45) is 1.29. The van der Waals surface area contributed by atoms with Crippen LogP contribution in [0.3, 0.4) is 0 Å². The molecule has 5 nitrogen and oxygen atoms in total. The molecule has 1 aromatic heterocycles. The van der Waals surface area contributed by atoms with Crippen molar-refractivity contribution in [1.29, 1.82) is 0 Å². The van der Waals surface area contributed by atoms with Gasteiger partial charge in [-0.05, 0) is 19.3 Å². The Balaban J connectivity index is 2.14. The number of amides is 1. The number of carbonyl (C=O) groups is 1. The molecule has 0 saturated carbocycles. The van der Waals surface area contributed by atoms with Crippen LogP contribution in [0, 0.1) is 0 Å². The topological polar surface area (TPSA) is 69.2 Å². The number of aryl methyl sites for hydroxylation is 1. The van der Waals surface area contributed by atoms with Crippen molar-refractivity contribution in [3.63, 3.8) is 0 Å². The van der Waals surface area contributed by atoms with Gasteiger partial charge in [0.2, 0.25) is 5.91 Å². The minimum Gasteiger partial charge on any atom is -0.395 e. The zero-order valence-electron chi connectivity index (χ0n) is 10.5. The van der Waals surface area contributed by atoms with E-state index in [9.17, 15) is 13.6 Å². The van der Waals surface area contributed by atoms with Gasteiger partial charge >= 0.3 is 0 Å². The third kappa shape index (κ3) is 3.09. The van der Waals surface area contributed by atoms with Crippen molar-refractivity contribution in [2.24, 2.45) is 0 Å². The molecule has 2 N–H and O–H groups in total. The SMILES string of the molecule is O=C([C@@H]1CCCc2[nH]ncc21)N(CCO)CC(F)F. The largest absolute Gasteiger partial charge is 0.395 e. The zero-order chi connectivity index (χ0) is 13.8. The third-order valence-electron chi connectivity index (χ3n) is 3.38. The minimum atomic E-state index is -2.59. The van der Waals surface area contributed by atoms with Gasteiger partial charge in [-0.1, -0.05) is 0 Å². The molecule has 1 aromatic rings. The van der Waals surface area contributed by atoms with Crippen molar-refractivity contribution in [2.45, 2.75) is 31.6 Å². The highest BCUT2D eigenvalue weighted by atomic mass is 19.3. The van der Waals surface area contributed by atoms with Crippen LogP contribution in [0.1, 0.15) is 30.0 Å². The van der Waals surface area contributed by atoms with Crippen LogP contribution < -0.4 is 0 Å². The second-order valence-corrected chi connectivity index (χ2v) is 4.65.